The summed E-state index contributed by atoms with van der Waals surface area (Å²) in [6.07, 6.45) is 0. The molecule has 1 aliphatic heterocycles. The first kappa shape index (κ1) is 6.77. The Labute approximate surface area is 57.7 Å². The van der Waals surface area contributed by atoms with Gasteiger partial charge in [-0.05, 0) is 0 Å². The van der Waals surface area contributed by atoms with E-state index >= 15 is 0 Å². The first-order valence-electron chi connectivity index (χ1n) is 3.12. The third-order valence-corrected chi connectivity index (χ3v) is 13.1. The van der Waals surface area contributed by atoms with E-state index in [0.29, 0.717) is 0 Å². The Morgan fingerprint density at radius 1 is 1.12 bits per heavy atom. The second-order valence-corrected chi connectivity index (χ2v) is 11.3. The minimum Gasteiger partial charge on any atom is -0.0715 e. The van der Waals surface area contributed by atoms with Crippen molar-refractivity contribution in [2.75, 3.05) is 0 Å². The molecule has 8 heavy (non-hydrogen) atoms. The highest BCUT2D eigenvalue weighted by Crippen LogP contribution is 2.12. The first-order valence-corrected chi connectivity index (χ1v) is 9.36. The molecule has 4 radical (unpaired) electrons. The molecule has 0 spiro atoms. The minimum absolute atomic E-state index is 0.216. The lowest BCUT2D eigenvalue weighted by Crippen LogP contribution is -2.28. The molecule has 0 aromatic heterocycles. The van der Waals surface area contributed by atoms with E-state index in [2.05, 4.69) is 13.1 Å². The molecule has 0 atom stereocenters. The second-order valence-electron chi connectivity index (χ2n) is 2.69. The Balaban J connectivity index is 2.23. The van der Waals surface area contributed by atoms with Crippen molar-refractivity contribution in [2.45, 2.75) is 30.1 Å². The van der Waals surface area contributed by atoms with Gasteiger partial charge in [-0.15, -0.1) is 0 Å². The van der Waals surface area contributed by atoms with Gasteiger partial charge in [0.25, 0.3) is 0 Å². The van der Waals surface area contributed by atoms with Crippen LogP contribution in [-0.2, 0) is 0 Å². The van der Waals surface area contributed by atoms with Crippen molar-refractivity contribution in [1.29, 1.82) is 0 Å². The van der Waals surface area contributed by atoms with Gasteiger partial charge in [-0.2, -0.15) is 0 Å². The standard InChI is InChI=1S/C5H12Si3/c1-7-3-6-4-8(2)5-7/h3-5H2,1-2H3. The van der Waals surface area contributed by atoms with Crippen LogP contribution in [0.25, 0.3) is 0 Å². The quantitative estimate of drug-likeness (QED) is 0.465. The molecule has 0 aromatic carbocycles. The highest BCUT2D eigenvalue weighted by Gasteiger charge is 2.16. The summed E-state index contributed by atoms with van der Waals surface area (Å²) in [5, 5.41) is 0. The van der Waals surface area contributed by atoms with Gasteiger partial charge in [-0.1, -0.05) is 30.1 Å². The fourth-order valence-corrected chi connectivity index (χ4v) is 13.5. The second kappa shape index (κ2) is 2.98. The van der Waals surface area contributed by atoms with E-state index in [9.17, 15) is 0 Å². The van der Waals surface area contributed by atoms with Gasteiger partial charge in [0.05, 0.1) is 0 Å². The van der Waals surface area contributed by atoms with E-state index in [0.717, 1.165) is 0 Å². The normalized spacial score (nSPS) is 26.2. The van der Waals surface area contributed by atoms with Crippen molar-refractivity contribution in [3.8, 4) is 0 Å². The summed E-state index contributed by atoms with van der Waals surface area (Å²) >= 11 is 0. The Morgan fingerprint density at radius 3 is 1.88 bits per heavy atom. The van der Waals surface area contributed by atoms with Gasteiger partial charge >= 0.3 is 0 Å². The summed E-state index contributed by atoms with van der Waals surface area (Å²) in [5.41, 5.74) is 4.95. The molecule has 3 heteroatoms. The van der Waals surface area contributed by atoms with Crippen LogP contribution >= 0.6 is 0 Å². The predicted molar refractivity (Wildman–Crippen MR) is 43.4 cm³/mol. The van der Waals surface area contributed by atoms with Crippen LogP contribution in [0.3, 0.4) is 0 Å². The smallest absolute Gasteiger partial charge is 0.0382 e. The predicted octanol–water partition coefficient (Wildman–Crippen LogP) is 1.41. The van der Waals surface area contributed by atoms with Crippen LogP contribution < -0.4 is 0 Å². The summed E-state index contributed by atoms with van der Waals surface area (Å²) in [5.74, 6) is 0. The van der Waals surface area contributed by atoms with Crippen molar-refractivity contribution in [2.24, 2.45) is 0 Å². The van der Waals surface area contributed by atoms with E-state index < -0.39 is 0 Å². The maximum Gasteiger partial charge on any atom is 0.0382 e. The summed E-state index contributed by atoms with van der Waals surface area (Å²) in [7, 11) is 1.78. The van der Waals surface area contributed by atoms with E-state index in [1.807, 2.05) is 0 Å². The molecular weight excluding hydrogens is 144 g/mol. The van der Waals surface area contributed by atoms with Crippen LogP contribution in [0.15, 0.2) is 0 Å². The summed E-state index contributed by atoms with van der Waals surface area (Å²) in [6.45, 7) is 5.01. The Bertz CT molecular complexity index is 66.1. The van der Waals surface area contributed by atoms with Crippen molar-refractivity contribution in [3.05, 3.63) is 0 Å². The third kappa shape index (κ3) is 1.87. The van der Waals surface area contributed by atoms with Crippen LogP contribution in [0.4, 0.5) is 0 Å². The molecule has 0 aromatic rings. The molecule has 0 saturated carbocycles. The number of hydrogen-bond acceptors (Lipinski definition) is 0. The van der Waals surface area contributed by atoms with Gasteiger partial charge in [-0.25, -0.2) is 0 Å². The minimum atomic E-state index is 0.216. The monoisotopic (exact) mass is 156 g/mol. The molecule has 44 valence electrons. The topological polar surface area (TPSA) is 0 Å². The lowest BCUT2D eigenvalue weighted by molar-refractivity contribution is 1.57. The molecule has 0 aliphatic carbocycles. The first-order chi connectivity index (χ1) is 3.79. The zero-order valence-corrected chi connectivity index (χ0v) is 8.62. The van der Waals surface area contributed by atoms with Gasteiger partial charge in [0.1, 0.15) is 0 Å². The Kier molecular flexibility index (Phi) is 2.52. The molecule has 1 rings (SSSR count). The van der Waals surface area contributed by atoms with Crippen LogP contribution in [0.2, 0.25) is 30.1 Å². The van der Waals surface area contributed by atoms with Crippen molar-refractivity contribution >= 4 is 27.1 Å². The Morgan fingerprint density at radius 2 is 1.62 bits per heavy atom. The maximum absolute atomic E-state index is 2.50. The average molecular weight is 156 g/mol. The largest absolute Gasteiger partial charge is 0.0715 e. The van der Waals surface area contributed by atoms with E-state index in [1.165, 1.54) is 9.52 Å². The molecule has 0 unspecified atom stereocenters. The van der Waals surface area contributed by atoms with Crippen LogP contribution in [0, 0.1) is 0 Å². The molecule has 0 bridgehead atoms. The molecule has 1 heterocycles. The van der Waals surface area contributed by atoms with E-state index in [4.69, 9.17) is 0 Å². The average Bonchev–Trinajstić information content (AvgIpc) is 1.64. The molecule has 0 N–H and O–H groups in total. The van der Waals surface area contributed by atoms with Gasteiger partial charge in [0.15, 0.2) is 0 Å². The summed E-state index contributed by atoms with van der Waals surface area (Å²) < 4.78 is 0. The van der Waals surface area contributed by atoms with Gasteiger partial charge in [-0.3, -0.25) is 0 Å². The Hall–Kier alpha value is 0.651. The van der Waals surface area contributed by atoms with E-state index in [-0.39, 0.29) is 17.6 Å². The van der Waals surface area contributed by atoms with Gasteiger partial charge in [0.2, 0.25) is 0 Å². The fourth-order valence-electron chi connectivity index (χ4n) is 1.13. The van der Waals surface area contributed by atoms with Gasteiger partial charge in [0, 0.05) is 27.1 Å². The molecule has 1 saturated heterocycles. The van der Waals surface area contributed by atoms with Crippen molar-refractivity contribution in [3.63, 3.8) is 0 Å². The fraction of sp³-hybridized carbons (Fsp3) is 1.00. The van der Waals surface area contributed by atoms with Crippen molar-refractivity contribution < 1.29 is 0 Å². The van der Waals surface area contributed by atoms with E-state index in [1.54, 1.807) is 17.0 Å². The maximum atomic E-state index is 2.50. The molecule has 0 amide bonds. The number of rotatable bonds is 0. The highest BCUT2D eigenvalue weighted by atomic mass is 28.4. The molecule has 0 nitrogen and oxygen atoms in total. The van der Waals surface area contributed by atoms with Crippen LogP contribution in [-0.4, -0.2) is 27.1 Å². The zero-order chi connectivity index (χ0) is 5.98. The van der Waals surface area contributed by atoms with Crippen LogP contribution in [0.5, 0.6) is 0 Å². The highest BCUT2D eigenvalue weighted by molar-refractivity contribution is 6.89. The molecular formula is C5H12Si3. The SMILES string of the molecule is C[Si]1C[Si]C[Si](C)C1. The third-order valence-electron chi connectivity index (χ3n) is 1.46. The molecule has 1 aliphatic rings. The summed E-state index contributed by atoms with van der Waals surface area (Å²) in [6, 6.07) is 0. The lowest BCUT2D eigenvalue weighted by atomic mass is 11.7. The van der Waals surface area contributed by atoms with Crippen LogP contribution in [0.1, 0.15) is 0 Å². The number of hydrogen-bond donors (Lipinski definition) is 0. The molecule has 1 fully saturated rings. The van der Waals surface area contributed by atoms with Gasteiger partial charge < -0.3 is 0 Å². The zero-order valence-electron chi connectivity index (χ0n) is 5.62. The van der Waals surface area contributed by atoms with Crippen molar-refractivity contribution in [1.82, 2.24) is 0 Å². The lowest BCUT2D eigenvalue weighted by Gasteiger charge is -2.19. The summed E-state index contributed by atoms with van der Waals surface area (Å²) in [4.78, 5) is 0.